The highest BCUT2D eigenvalue weighted by molar-refractivity contribution is 14.1. The van der Waals surface area contributed by atoms with Crippen LogP contribution < -0.4 is 0 Å². The van der Waals surface area contributed by atoms with Crippen LogP contribution in [0, 0.1) is 10.5 Å². The second-order valence-electron chi connectivity index (χ2n) is 7.22. The number of aliphatic carboxylic acids is 1. The Morgan fingerprint density at radius 2 is 1.66 bits per heavy atom. The molecule has 3 N–H and O–H groups in total. The molecule has 29 heavy (non-hydrogen) atoms. The molecule has 0 aliphatic rings. The summed E-state index contributed by atoms with van der Waals surface area (Å²) in [7, 11) is 0. The second-order valence-corrected chi connectivity index (χ2v) is 8.38. The van der Waals surface area contributed by atoms with Gasteiger partial charge in [-0.2, -0.15) is 0 Å². The van der Waals surface area contributed by atoms with E-state index < -0.39 is 17.4 Å². The Morgan fingerprint density at radius 3 is 2.24 bits per heavy atom. The number of carboxylic acid groups (broad SMARTS) is 1. The number of aromatic hydroxyl groups is 2. The maximum absolute atomic E-state index is 11.6. The van der Waals surface area contributed by atoms with E-state index in [-0.39, 0.29) is 30.9 Å². The van der Waals surface area contributed by atoms with E-state index in [0.717, 1.165) is 20.3 Å². The lowest BCUT2D eigenvalue weighted by atomic mass is 9.72. The molecule has 0 unspecified atom stereocenters. The summed E-state index contributed by atoms with van der Waals surface area (Å²) in [6, 6.07) is 10.9. The summed E-state index contributed by atoms with van der Waals surface area (Å²) in [6.07, 6.45) is 0.853. The SMILES string of the molecule is Cc1cc([C@](C)(CCCOC(=O)CCC(=O)O)c2ccc(O)c(I)c2)ccc1O. The van der Waals surface area contributed by atoms with Crippen LogP contribution >= 0.6 is 22.6 Å². The largest absolute Gasteiger partial charge is 0.508 e. The highest BCUT2D eigenvalue weighted by Crippen LogP contribution is 2.39. The van der Waals surface area contributed by atoms with E-state index >= 15 is 0 Å². The predicted octanol–water partition coefficient (Wildman–Crippen LogP) is 4.51. The first kappa shape index (κ1) is 23.0. The van der Waals surface area contributed by atoms with Crippen molar-refractivity contribution in [3.63, 3.8) is 0 Å². The second kappa shape index (κ2) is 9.96. The van der Waals surface area contributed by atoms with Gasteiger partial charge in [-0.05, 0) is 77.2 Å². The lowest BCUT2D eigenvalue weighted by Gasteiger charge is -2.32. The minimum atomic E-state index is -1.03. The Bertz CT molecular complexity index is 841. The Hall–Kier alpha value is -2.29. The maximum atomic E-state index is 11.6. The number of carbonyl (C=O) groups is 2. The van der Waals surface area contributed by atoms with E-state index in [1.165, 1.54) is 0 Å². The third kappa shape index (κ3) is 6.09. The first-order chi connectivity index (χ1) is 13.6. The predicted molar refractivity (Wildman–Crippen MR) is 117 cm³/mol. The van der Waals surface area contributed by atoms with Gasteiger partial charge in [-0.1, -0.05) is 25.1 Å². The number of halogens is 1. The van der Waals surface area contributed by atoms with Crippen molar-refractivity contribution in [2.45, 2.75) is 44.9 Å². The first-order valence-electron chi connectivity index (χ1n) is 9.30. The van der Waals surface area contributed by atoms with Gasteiger partial charge in [0.25, 0.3) is 0 Å². The fourth-order valence-corrected chi connectivity index (χ4v) is 3.71. The van der Waals surface area contributed by atoms with Crippen LogP contribution in [0.5, 0.6) is 11.5 Å². The molecule has 6 nitrogen and oxygen atoms in total. The zero-order chi connectivity index (χ0) is 21.6. The number of esters is 1. The minimum absolute atomic E-state index is 0.139. The van der Waals surface area contributed by atoms with Crippen LogP contribution in [0.2, 0.25) is 0 Å². The van der Waals surface area contributed by atoms with Crippen molar-refractivity contribution in [3.8, 4) is 11.5 Å². The number of phenols is 2. The maximum Gasteiger partial charge on any atom is 0.306 e. The minimum Gasteiger partial charge on any atom is -0.508 e. The van der Waals surface area contributed by atoms with Gasteiger partial charge < -0.3 is 20.1 Å². The Morgan fingerprint density at radius 1 is 1.03 bits per heavy atom. The van der Waals surface area contributed by atoms with Crippen LogP contribution in [-0.2, 0) is 19.7 Å². The fourth-order valence-electron chi connectivity index (χ4n) is 3.20. The van der Waals surface area contributed by atoms with Gasteiger partial charge in [-0.25, -0.2) is 0 Å². The number of ether oxygens (including phenoxy) is 1. The van der Waals surface area contributed by atoms with Crippen molar-refractivity contribution >= 4 is 34.5 Å². The molecular formula is C22H25IO6. The summed E-state index contributed by atoms with van der Waals surface area (Å²) in [6.45, 7) is 4.11. The van der Waals surface area contributed by atoms with E-state index in [1.54, 1.807) is 12.1 Å². The number of hydrogen-bond acceptors (Lipinski definition) is 5. The molecule has 2 aromatic carbocycles. The van der Waals surface area contributed by atoms with Crippen LogP contribution in [-0.4, -0.2) is 33.9 Å². The lowest BCUT2D eigenvalue weighted by molar-refractivity contribution is -0.147. The average molecular weight is 512 g/mol. The summed E-state index contributed by atoms with van der Waals surface area (Å²) in [5, 5.41) is 28.4. The Labute approximate surface area is 183 Å². The fraction of sp³-hybridized carbons (Fsp3) is 0.364. The zero-order valence-electron chi connectivity index (χ0n) is 16.4. The Balaban J connectivity index is 2.19. The monoisotopic (exact) mass is 512 g/mol. The highest BCUT2D eigenvalue weighted by atomic mass is 127. The molecule has 0 aromatic heterocycles. The quantitative estimate of drug-likeness (QED) is 0.260. The van der Waals surface area contributed by atoms with Gasteiger partial charge in [0.05, 0.1) is 23.0 Å². The number of benzene rings is 2. The molecule has 0 amide bonds. The van der Waals surface area contributed by atoms with E-state index in [1.807, 2.05) is 31.2 Å². The molecule has 0 heterocycles. The normalized spacial score (nSPS) is 12.9. The molecule has 2 rings (SSSR count). The van der Waals surface area contributed by atoms with Crippen LogP contribution in [0.4, 0.5) is 0 Å². The highest BCUT2D eigenvalue weighted by Gasteiger charge is 2.30. The summed E-state index contributed by atoms with van der Waals surface area (Å²) < 4.78 is 5.90. The van der Waals surface area contributed by atoms with Crippen molar-refractivity contribution in [3.05, 3.63) is 56.7 Å². The number of rotatable bonds is 9. The molecule has 0 saturated heterocycles. The summed E-state index contributed by atoms with van der Waals surface area (Å²) in [5.41, 5.74) is 2.34. The molecule has 7 heteroatoms. The number of phenolic OH excluding ortho intramolecular Hbond substituents is 2. The third-order valence-corrected chi connectivity index (χ3v) is 5.91. The van der Waals surface area contributed by atoms with E-state index in [2.05, 4.69) is 29.5 Å². The molecule has 2 aromatic rings. The van der Waals surface area contributed by atoms with Crippen molar-refractivity contribution < 1.29 is 29.6 Å². The van der Waals surface area contributed by atoms with Crippen LogP contribution in [0.15, 0.2) is 36.4 Å². The smallest absolute Gasteiger partial charge is 0.306 e. The summed E-state index contributed by atoms with van der Waals surface area (Å²) in [4.78, 5) is 22.2. The third-order valence-electron chi connectivity index (χ3n) is 5.05. The van der Waals surface area contributed by atoms with Gasteiger partial charge in [0.1, 0.15) is 11.5 Å². The van der Waals surface area contributed by atoms with E-state index in [0.29, 0.717) is 12.8 Å². The zero-order valence-corrected chi connectivity index (χ0v) is 18.6. The van der Waals surface area contributed by atoms with Gasteiger partial charge in [-0.15, -0.1) is 0 Å². The van der Waals surface area contributed by atoms with Gasteiger partial charge in [0, 0.05) is 5.41 Å². The van der Waals surface area contributed by atoms with Gasteiger partial charge in [-0.3, -0.25) is 9.59 Å². The van der Waals surface area contributed by atoms with Crippen molar-refractivity contribution in [2.24, 2.45) is 0 Å². The van der Waals surface area contributed by atoms with Crippen molar-refractivity contribution in [2.75, 3.05) is 6.61 Å². The van der Waals surface area contributed by atoms with Crippen LogP contribution in [0.3, 0.4) is 0 Å². The molecular weight excluding hydrogens is 487 g/mol. The molecule has 0 radical (unpaired) electrons. The standard InChI is InChI=1S/C22H25IO6/c1-14-12-15(4-6-18(14)24)22(2,16-5-7-19(25)17(23)13-16)10-3-11-29-21(28)9-8-20(26)27/h4-7,12-13,24-25H,3,8-11H2,1-2H3,(H,26,27)/t22-/m0/s1. The molecule has 0 fully saturated rings. The average Bonchev–Trinajstić information content (AvgIpc) is 2.67. The molecule has 0 bridgehead atoms. The Kier molecular flexibility index (Phi) is 7.89. The van der Waals surface area contributed by atoms with Crippen molar-refractivity contribution in [1.29, 1.82) is 0 Å². The summed E-state index contributed by atoms with van der Waals surface area (Å²) in [5.74, 6) is -1.11. The van der Waals surface area contributed by atoms with Crippen LogP contribution in [0.25, 0.3) is 0 Å². The molecule has 0 aliphatic heterocycles. The number of carbonyl (C=O) groups excluding carboxylic acids is 1. The topological polar surface area (TPSA) is 104 Å². The molecule has 156 valence electrons. The number of aryl methyl sites for hydroxylation is 1. The number of hydrogen-bond donors (Lipinski definition) is 3. The molecule has 1 atom stereocenters. The first-order valence-corrected chi connectivity index (χ1v) is 10.4. The van der Waals surface area contributed by atoms with Crippen LogP contribution in [0.1, 0.15) is 49.3 Å². The number of carboxylic acids is 1. The van der Waals surface area contributed by atoms with E-state index in [4.69, 9.17) is 9.84 Å². The van der Waals surface area contributed by atoms with E-state index in [9.17, 15) is 19.8 Å². The summed E-state index contributed by atoms with van der Waals surface area (Å²) >= 11 is 2.08. The van der Waals surface area contributed by atoms with Gasteiger partial charge in [0.15, 0.2) is 0 Å². The lowest BCUT2D eigenvalue weighted by Crippen LogP contribution is -2.25. The molecule has 0 saturated carbocycles. The molecule has 0 spiro atoms. The molecule has 0 aliphatic carbocycles. The van der Waals surface area contributed by atoms with Gasteiger partial charge >= 0.3 is 11.9 Å². The van der Waals surface area contributed by atoms with Crippen molar-refractivity contribution in [1.82, 2.24) is 0 Å². The van der Waals surface area contributed by atoms with Gasteiger partial charge in [0.2, 0.25) is 0 Å².